The molecule has 2 N–H and O–H groups in total. The van der Waals surface area contributed by atoms with Gasteiger partial charge in [0.15, 0.2) is 0 Å². The van der Waals surface area contributed by atoms with Crippen molar-refractivity contribution in [2.45, 2.75) is 11.3 Å². The Bertz CT molecular complexity index is 511. The molecule has 19 heavy (non-hydrogen) atoms. The van der Waals surface area contributed by atoms with Crippen LogP contribution in [-0.4, -0.2) is 38.2 Å². The zero-order valence-electron chi connectivity index (χ0n) is 10.1. The molecule has 0 radical (unpaired) electrons. The molecule has 0 aliphatic carbocycles. The van der Waals surface area contributed by atoms with E-state index in [0.29, 0.717) is 12.2 Å². The van der Waals surface area contributed by atoms with Gasteiger partial charge in [0.25, 0.3) is 0 Å². The first-order valence-electron chi connectivity index (χ1n) is 5.60. The second kappa shape index (κ2) is 8.06. The number of nitrogens with one attached hydrogen (secondary N) is 1. The summed E-state index contributed by atoms with van der Waals surface area (Å²) < 4.78 is 39.0. The fourth-order valence-corrected chi connectivity index (χ4v) is 3.46. The summed E-state index contributed by atoms with van der Waals surface area (Å²) in [6, 6.07) is 3.27. The van der Waals surface area contributed by atoms with E-state index in [-0.39, 0.29) is 23.1 Å². The molecule has 0 spiro atoms. The second-order valence-corrected chi connectivity index (χ2v) is 7.06. The number of hydrogen-bond donors (Lipinski definition) is 2. The molecule has 0 saturated heterocycles. The molecule has 0 saturated carbocycles. The van der Waals surface area contributed by atoms with E-state index < -0.39 is 15.8 Å². The molecule has 0 atom stereocenters. The Kier molecular flexibility index (Phi) is 7.09. The molecule has 8 heteroatoms. The number of rotatable bonds is 8. The van der Waals surface area contributed by atoms with E-state index in [9.17, 15) is 12.8 Å². The van der Waals surface area contributed by atoms with Crippen molar-refractivity contribution in [1.82, 2.24) is 4.72 Å². The molecule has 0 heterocycles. The highest BCUT2D eigenvalue weighted by Gasteiger charge is 2.14. The van der Waals surface area contributed by atoms with E-state index in [1.54, 1.807) is 11.8 Å². The van der Waals surface area contributed by atoms with Crippen molar-refractivity contribution in [3.8, 4) is 0 Å². The topological polar surface area (TPSA) is 66.4 Å². The summed E-state index contributed by atoms with van der Waals surface area (Å²) in [4.78, 5) is -0.0562. The van der Waals surface area contributed by atoms with Gasteiger partial charge in [-0.2, -0.15) is 11.8 Å². The van der Waals surface area contributed by atoms with Crippen molar-refractivity contribution in [2.24, 2.45) is 0 Å². The van der Waals surface area contributed by atoms with Gasteiger partial charge in [-0.1, -0.05) is 11.6 Å². The monoisotopic (exact) mass is 327 g/mol. The fourth-order valence-electron chi connectivity index (χ4n) is 1.24. The molecule has 0 bridgehead atoms. The van der Waals surface area contributed by atoms with Crippen LogP contribution in [0.3, 0.4) is 0 Å². The van der Waals surface area contributed by atoms with Crippen LogP contribution in [0.25, 0.3) is 0 Å². The van der Waals surface area contributed by atoms with Gasteiger partial charge in [0.05, 0.1) is 9.92 Å². The maximum atomic E-state index is 12.9. The van der Waals surface area contributed by atoms with Gasteiger partial charge >= 0.3 is 0 Å². The zero-order chi connectivity index (χ0) is 14.3. The highest BCUT2D eigenvalue weighted by atomic mass is 35.5. The van der Waals surface area contributed by atoms with Crippen molar-refractivity contribution in [3.63, 3.8) is 0 Å². The van der Waals surface area contributed by atoms with Crippen molar-refractivity contribution >= 4 is 33.4 Å². The Balaban J connectivity index is 2.49. The highest BCUT2D eigenvalue weighted by molar-refractivity contribution is 7.99. The van der Waals surface area contributed by atoms with Gasteiger partial charge in [-0.3, -0.25) is 0 Å². The smallest absolute Gasteiger partial charge is 0.240 e. The third kappa shape index (κ3) is 5.66. The van der Waals surface area contributed by atoms with Crippen LogP contribution in [0.1, 0.15) is 6.42 Å². The first-order valence-corrected chi connectivity index (χ1v) is 8.62. The molecule has 1 aromatic rings. The van der Waals surface area contributed by atoms with Gasteiger partial charge in [-0.25, -0.2) is 17.5 Å². The molecule has 0 fully saturated rings. The van der Waals surface area contributed by atoms with Crippen LogP contribution in [-0.2, 0) is 10.0 Å². The first-order chi connectivity index (χ1) is 8.97. The number of aliphatic hydroxyl groups is 1. The predicted octanol–water partition coefficient (Wildman–Crippen LogP) is 1.87. The SMILES string of the molecule is O=S(=O)(NCCSCCCO)c1ccc(F)c(Cl)c1. The summed E-state index contributed by atoms with van der Waals surface area (Å²) in [5, 5.41) is 8.36. The summed E-state index contributed by atoms with van der Waals surface area (Å²) in [7, 11) is -3.66. The Morgan fingerprint density at radius 2 is 2.11 bits per heavy atom. The normalized spacial score (nSPS) is 11.7. The Morgan fingerprint density at radius 3 is 2.74 bits per heavy atom. The van der Waals surface area contributed by atoms with Gasteiger partial charge in [0.1, 0.15) is 5.82 Å². The Labute approximate surface area is 121 Å². The summed E-state index contributed by atoms with van der Waals surface area (Å²) in [6.45, 7) is 0.403. The van der Waals surface area contributed by atoms with Crippen LogP contribution in [0.2, 0.25) is 5.02 Å². The van der Waals surface area contributed by atoms with Gasteiger partial charge < -0.3 is 5.11 Å². The average molecular weight is 328 g/mol. The van der Waals surface area contributed by atoms with Crippen molar-refractivity contribution in [1.29, 1.82) is 0 Å². The summed E-state index contributed by atoms with van der Waals surface area (Å²) in [6.07, 6.45) is 0.686. The predicted molar refractivity (Wildman–Crippen MR) is 75.6 cm³/mol. The minimum absolute atomic E-state index is 0.0562. The van der Waals surface area contributed by atoms with E-state index in [1.165, 1.54) is 6.07 Å². The lowest BCUT2D eigenvalue weighted by atomic mass is 10.3. The Morgan fingerprint density at radius 1 is 1.37 bits per heavy atom. The number of thioether (sulfide) groups is 1. The molecule has 0 unspecified atom stereocenters. The number of benzene rings is 1. The average Bonchev–Trinajstić information content (AvgIpc) is 2.36. The van der Waals surface area contributed by atoms with Crippen LogP contribution >= 0.6 is 23.4 Å². The lowest BCUT2D eigenvalue weighted by Crippen LogP contribution is -2.26. The first kappa shape index (κ1) is 16.7. The van der Waals surface area contributed by atoms with E-state index in [0.717, 1.165) is 17.9 Å². The van der Waals surface area contributed by atoms with E-state index in [4.69, 9.17) is 16.7 Å². The number of hydrogen-bond acceptors (Lipinski definition) is 4. The van der Waals surface area contributed by atoms with E-state index >= 15 is 0 Å². The van der Waals surface area contributed by atoms with Crippen LogP contribution in [0.4, 0.5) is 4.39 Å². The zero-order valence-corrected chi connectivity index (χ0v) is 12.5. The lowest BCUT2D eigenvalue weighted by molar-refractivity contribution is 0.296. The van der Waals surface area contributed by atoms with Crippen LogP contribution in [0.5, 0.6) is 0 Å². The molecule has 1 rings (SSSR count). The van der Waals surface area contributed by atoms with Gasteiger partial charge in [0, 0.05) is 18.9 Å². The molecule has 0 aromatic heterocycles. The van der Waals surface area contributed by atoms with E-state index in [2.05, 4.69) is 4.72 Å². The quantitative estimate of drug-likeness (QED) is 0.715. The third-order valence-electron chi connectivity index (χ3n) is 2.19. The third-order valence-corrected chi connectivity index (χ3v) is 5.01. The second-order valence-electron chi connectivity index (χ2n) is 3.66. The molecular formula is C11H15ClFNO3S2. The standard InChI is InChI=1S/C11H15ClFNO3S2/c12-10-8-9(2-3-11(10)13)19(16,17)14-4-7-18-6-1-5-15/h2-3,8,14-15H,1,4-7H2. The molecule has 0 aliphatic rings. The van der Waals surface area contributed by atoms with Gasteiger partial charge in [-0.15, -0.1) is 0 Å². The van der Waals surface area contributed by atoms with Crippen LogP contribution in [0, 0.1) is 5.82 Å². The van der Waals surface area contributed by atoms with Crippen LogP contribution in [0.15, 0.2) is 23.1 Å². The lowest BCUT2D eigenvalue weighted by Gasteiger charge is -2.07. The van der Waals surface area contributed by atoms with Gasteiger partial charge in [-0.05, 0) is 30.4 Å². The number of halogens is 2. The molecule has 1 aromatic carbocycles. The van der Waals surface area contributed by atoms with E-state index in [1.807, 2.05) is 0 Å². The van der Waals surface area contributed by atoms with Gasteiger partial charge in [0.2, 0.25) is 10.0 Å². The molecule has 0 amide bonds. The molecule has 108 valence electrons. The Hall–Kier alpha value is -0.340. The minimum Gasteiger partial charge on any atom is -0.396 e. The van der Waals surface area contributed by atoms with Crippen LogP contribution < -0.4 is 4.72 Å². The van der Waals surface area contributed by atoms with Crippen molar-refractivity contribution in [3.05, 3.63) is 29.0 Å². The molecule has 4 nitrogen and oxygen atoms in total. The summed E-state index contributed by atoms with van der Waals surface area (Å²) >= 11 is 7.09. The molecular weight excluding hydrogens is 313 g/mol. The minimum atomic E-state index is -3.66. The number of sulfonamides is 1. The van der Waals surface area contributed by atoms with Crippen molar-refractivity contribution in [2.75, 3.05) is 24.7 Å². The maximum Gasteiger partial charge on any atom is 0.240 e. The fraction of sp³-hybridized carbons (Fsp3) is 0.455. The molecule has 0 aliphatic heterocycles. The number of aliphatic hydroxyl groups excluding tert-OH is 1. The highest BCUT2D eigenvalue weighted by Crippen LogP contribution is 2.19. The largest absolute Gasteiger partial charge is 0.396 e. The van der Waals surface area contributed by atoms with Crippen molar-refractivity contribution < 1.29 is 17.9 Å². The summed E-state index contributed by atoms with van der Waals surface area (Å²) in [5.41, 5.74) is 0. The maximum absolute atomic E-state index is 12.9. The summed E-state index contributed by atoms with van der Waals surface area (Å²) in [5.74, 6) is 0.731.